The van der Waals surface area contributed by atoms with Gasteiger partial charge in [0.25, 0.3) is 5.91 Å². The molecule has 9 heteroatoms. The summed E-state index contributed by atoms with van der Waals surface area (Å²) in [4.78, 5) is 24.2. The molecule has 0 radical (unpaired) electrons. The first-order chi connectivity index (χ1) is 13.8. The largest absolute Gasteiger partial charge is 0.465 e. The normalized spacial score (nSPS) is 11.1. The van der Waals surface area contributed by atoms with Crippen LogP contribution in [0.2, 0.25) is 5.02 Å². The van der Waals surface area contributed by atoms with Crippen molar-refractivity contribution in [3.63, 3.8) is 0 Å². The first-order valence-corrected chi connectivity index (χ1v) is 10.4. The molecule has 1 heterocycles. The molecule has 0 unspecified atom stereocenters. The van der Waals surface area contributed by atoms with E-state index >= 15 is 0 Å². The summed E-state index contributed by atoms with van der Waals surface area (Å²) in [5, 5.41) is 2.74. The van der Waals surface area contributed by atoms with Crippen molar-refractivity contribution in [1.82, 2.24) is 0 Å². The van der Waals surface area contributed by atoms with Crippen LogP contribution in [0, 0.1) is 0 Å². The lowest BCUT2D eigenvalue weighted by Gasteiger charge is -2.08. The maximum atomic E-state index is 12.4. The van der Waals surface area contributed by atoms with Crippen LogP contribution in [-0.2, 0) is 20.3 Å². The highest BCUT2D eigenvalue weighted by Gasteiger charge is 2.20. The molecule has 1 aromatic heterocycles. The summed E-state index contributed by atoms with van der Waals surface area (Å²) in [5.41, 5.74) is 0.399. The SMILES string of the molecule is COC(=O)c1ccc(Cl)c(NC(=O)c2ccc(CS(=O)(=O)c3ccccc3)o2)c1. The zero-order valence-corrected chi connectivity index (χ0v) is 16.8. The number of methoxy groups -OCH3 is 1. The topological polar surface area (TPSA) is 103 Å². The molecule has 0 saturated heterocycles. The summed E-state index contributed by atoms with van der Waals surface area (Å²) in [7, 11) is -2.37. The van der Waals surface area contributed by atoms with E-state index in [1.54, 1.807) is 18.2 Å². The van der Waals surface area contributed by atoms with Gasteiger partial charge in [-0.25, -0.2) is 13.2 Å². The van der Waals surface area contributed by atoms with Crippen LogP contribution < -0.4 is 5.32 Å². The van der Waals surface area contributed by atoms with Gasteiger partial charge in [-0.15, -0.1) is 0 Å². The van der Waals surface area contributed by atoms with E-state index in [4.69, 9.17) is 16.0 Å². The zero-order chi connectivity index (χ0) is 21.0. The fourth-order valence-electron chi connectivity index (χ4n) is 2.53. The Morgan fingerprint density at radius 2 is 1.79 bits per heavy atom. The minimum Gasteiger partial charge on any atom is -0.465 e. The molecule has 150 valence electrons. The van der Waals surface area contributed by atoms with Gasteiger partial charge < -0.3 is 14.5 Å². The number of benzene rings is 2. The highest BCUT2D eigenvalue weighted by molar-refractivity contribution is 7.90. The van der Waals surface area contributed by atoms with Gasteiger partial charge in [-0.3, -0.25) is 4.79 Å². The predicted octanol–water partition coefficient (Wildman–Crippen LogP) is 3.95. The Morgan fingerprint density at radius 1 is 1.07 bits per heavy atom. The van der Waals surface area contributed by atoms with E-state index in [9.17, 15) is 18.0 Å². The van der Waals surface area contributed by atoms with Crippen LogP contribution in [0.1, 0.15) is 26.7 Å². The molecule has 0 saturated carbocycles. The van der Waals surface area contributed by atoms with Crippen LogP contribution in [0.4, 0.5) is 5.69 Å². The van der Waals surface area contributed by atoms with Gasteiger partial charge in [-0.2, -0.15) is 0 Å². The second kappa shape index (κ2) is 8.50. The van der Waals surface area contributed by atoms with Gasteiger partial charge >= 0.3 is 5.97 Å². The Hall–Kier alpha value is -3.10. The van der Waals surface area contributed by atoms with Crippen LogP contribution in [0.3, 0.4) is 0 Å². The fraction of sp³-hybridized carbons (Fsp3) is 0.100. The molecule has 29 heavy (non-hydrogen) atoms. The van der Waals surface area contributed by atoms with Crippen molar-refractivity contribution < 1.29 is 27.2 Å². The number of rotatable bonds is 6. The Bertz CT molecular complexity index is 1150. The Balaban J connectivity index is 1.76. The number of hydrogen-bond acceptors (Lipinski definition) is 6. The maximum absolute atomic E-state index is 12.4. The van der Waals surface area contributed by atoms with E-state index in [1.165, 1.54) is 49.6 Å². The molecule has 3 rings (SSSR count). The number of esters is 1. The smallest absolute Gasteiger partial charge is 0.337 e. The monoisotopic (exact) mass is 433 g/mol. The van der Waals surface area contributed by atoms with Crippen LogP contribution in [0.5, 0.6) is 0 Å². The molecule has 0 spiro atoms. The number of halogens is 1. The summed E-state index contributed by atoms with van der Waals surface area (Å²) < 4.78 is 34.9. The van der Waals surface area contributed by atoms with Crippen molar-refractivity contribution >= 4 is 39.0 Å². The third kappa shape index (κ3) is 4.85. The lowest BCUT2D eigenvalue weighted by Crippen LogP contribution is -2.12. The summed E-state index contributed by atoms with van der Waals surface area (Å²) in [5.74, 6) is -1.58. The number of hydrogen-bond donors (Lipinski definition) is 1. The van der Waals surface area contributed by atoms with Gasteiger partial charge in [-0.05, 0) is 42.5 Å². The summed E-state index contributed by atoms with van der Waals surface area (Å²) in [6.07, 6.45) is 0. The number of carbonyl (C=O) groups is 2. The van der Waals surface area contributed by atoms with Gasteiger partial charge in [0.15, 0.2) is 15.6 Å². The van der Waals surface area contributed by atoms with Crippen LogP contribution >= 0.6 is 11.6 Å². The van der Waals surface area contributed by atoms with Gasteiger partial charge in [0.05, 0.1) is 28.3 Å². The van der Waals surface area contributed by atoms with Gasteiger partial charge in [-0.1, -0.05) is 29.8 Å². The number of carbonyl (C=O) groups excluding carboxylic acids is 2. The molecule has 1 N–H and O–H groups in total. The maximum Gasteiger partial charge on any atom is 0.337 e. The Labute approximate surface area is 172 Å². The van der Waals surface area contributed by atoms with E-state index in [-0.39, 0.29) is 38.4 Å². The minimum atomic E-state index is -3.61. The first-order valence-electron chi connectivity index (χ1n) is 8.36. The number of anilines is 1. The van der Waals surface area contributed by atoms with E-state index in [1.807, 2.05) is 0 Å². The standard InChI is InChI=1S/C20H16ClNO6S/c1-27-20(24)13-7-9-16(21)17(11-13)22-19(23)18-10-8-14(28-18)12-29(25,26)15-5-3-2-4-6-15/h2-11H,12H2,1H3,(H,22,23). The van der Waals surface area contributed by atoms with Gasteiger partial charge in [0.1, 0.15) is 11.5 Å². The molecule has 0 aliphatic rings. The minimum absolute atomic E-state index is 0.0946. The lowest BCUT2D eigenvalue weighted by molar-refractivity contribution is 0.0600. The lowest BCUT2D eigenvalue weighted by atomic mass is 10.2. The third-order valence-electron chi connectivity index (χ3n) is 3.96. The van der Waals surface area contributed by atoms with Crippen molar-refractivity contribution in [3.8, 4) is 0 Å². The molecule has 3 aromatic rings. The molecule has 2 aromatic carbocycles. The summed E-state index contributed by atoms with van der Waals surface area (Å²) in [6, 6.07) is 15.0. The molecular weight excluding hydrogens is 418 g/mol. The number of amides is 1. The highest BCUT2D eigenvalue weighted by Crippen LogP contribution is 2.25. The fourth-order valence-corrected chi connectivity index (χ4v) is 3.96. The zero-order valence-electron chi connectivity index (χ0n) is 15.2. The van der Waals surface area contributed by atoms with Crippen molar-refractivity contribution in [2.24, 2.45) is 0 Å². The van der Waals surface area contributed by atoms with E-state index < -0.39 is 21.7 Å². The number of sulfone groups is 1. The molecule has 0 bridgehead atoms. The number of furan rings is 1. The summed E-state index contributed by atoms with van der Waals surface area (Å²) >= 11 is 6.06. The van der Waals surface area contributed by atoms with Crippen molar-refractivity contribution in [1.29, 1.82) is 0 Å². The summed E-state index contributed by atoms with van der Waals surface area (Å²) in [6.45, 7) is 0. The van der Waals surface area contributed by atoms with Gasteiger partial charge in [0.2, 0.25) is 0 Å². The highest BCUT2D eigenvalue weighted by atomic mass is 35.5. The molecule has 7 nitrogen and oxygen atoms in total. The second-order valence-corrected chi connectivity index (χ2v) is 8.38. The van der Waals surface area contributed by atoms with Crippen LogP contribution in [0.25, 0.3) is 0 Å². The Morgan fingerprint density at radius 3 is 2.48 bits per heavy atom. The van der Waals surface area contributed by atoms with Crippen LogP contribution in [0.15, 0.2) is 70.0 Å². The van der Waals surface area contributed by atoms with Crippen molar-refractivity contribution in [3.05, 3.63) is 82.8 Å². The average molecular weight is 434 g/mol. The molecule has 0 fully saturated rings. The number of ether oxygens (including phenoxy) is 1. The van der Waals surface area contributed by atoms with E-state index in [0.29, 0.717) is 0 Å². The molecule has 1 amide bonds. The van der Waals surface area contributed by atoms with E-state index in [0.717, 1.165) is 0 Å². The molecule has 0 atom stereocenters. The number of nitrogens with one attached hydrogen (secondary N) is 1. The molecule has 0 aliphatic heterocycles. The predicted molar refractivity (Wildman–Crippen MR) is 107 cm³/mol. The van der Waals surface area contributed by atoms with Crippen molar-refractivity contribution in [2.75, 3.05) is 12.4 Å². The van der Waals surface area contributed by atoms with Gasteiger partial charge in [0, 0.05) is 0 Å². The Kier molecular flexibility index (Phi) is 6.05. The molecule has 0 aliphatic carbocycles. The van der Waals surface area contributed by atoms with E-state index in [2.05, 4.69) is 10.1 Å². The first kappa shape index (κ1) is 20.6. The third-order valence-corrected chi connectivity index (χ3v) is 5.94. The quantitative estimate of drug-likeness (QED) is 0.590. The second-order valence-electron chi connectivity index (χ2n) is 5.98. The average Bonchev–Trinajstić information content (AvgIpc) is 3.17. The van der Waals surface area contributed by atoms with Crippen molar-refractivity contribution in [2.45, 2.75) is 10.6 Å². The van der Waals surface area contributed by atoms with Crippen LogP contribution in [-0.4, -0.2) is 27.4 Å². The molecular formula is C20H16ClNO6S.